The zero-order chi connectivity index (χ0) is 20.4. The van der Waals surface area contributed by atoms with Gasteiger partial charge in [-0.1, -0.05) is 0 Å². The second-order valence-corrected chi connectivity index (χ2v) is 6.35. The monoisotopic (exact) mass is 426 g/mol. The highest BCUT2D eigenvalue weighted by molar-refractivity contribution is 7.44. The minimum Gasteiger partial charge on any atom is -0.382 e. The van der Waals surface area contributed by atoms with Crippen LogP contribution in [0.3, 0.4) is 0 Å². The number of carbonyl (C=O) groups excluding carboxylic acids is 1. The van der Waals surface area contributed by atoms with E-state index < -0.39 is 20.8 Å². The van der Waals surface area contributed by atoms with Crippen molar-refractivity contribution in [3.05, 3.63) is 11.6 Å². The second-order valence-electron chi connectivity index (χ2n) is 5.01. The van der Waals surface area contributed by atoms with Crippen molar-refractivity contribution >= 4 is 43.4 Å². The molecule has 0 aliphatic carbocycles. The lowest BCUT2D eigenvalue weighted by Crippen LogP contribution is -2.22. The lowest BCUT2D eigenvalue weighted by atomic mass is 10.2. The van der Waals surface area contributed by atoms with Crippen molar-refractivity contribution in [1.29, 1.82) is 0 Å². The summed E-state index contributed by atoms with van der Waals surface area (Å²) in [5.41, 5.74) is 6.11. The molecule has 2 aromatic heterocycles. The molecule has 2 heterocycles. The summed E-state index contributed by atoms with van der Waals surface area (Å²) in [5, 5.41) is 2.15. The number of nitrogens with two attached hydrogens (primary N) is 1. The molecule has 0 aromatic carbocycles. The molecule has 5 N–H and O–H groups in total. The van der Waals surface area contributed by atoms with Crippen LogP contribution in [0.4, 0.5) is 10.2 Å². The van der Waals surface area contributed by atoms with E-state index in [4.69, 9.17) is 41.4 Å². The lowest BCUT2D eigenvalue weighted by Gasteiger charge is -2.19. The summed E-state index contributed by atoms with van der Waals surface area (Å²) < 4.78 is 25.9. The Balaban J connectivity index is 0.000000828. The molecule has 2 atom stereocenters. The third-order valence-corrected chi connectivity index (χ3v) is 3.72. The van der Waals surface area contributed by atoms with E-state index in [1.807, 2.05) is 0 Å². The first-order valence-electron chi connectivity index (χ1n) is 7.50. The molecule has 0 radical (unpaired) electrons. The van der Waals surface area contributed by atoms with Crippen LogP contribution in [0.25, 0.3) is 11.2 Å². The van der Waals surface area contributed by atoms with Crippen molar-refractivity contribution in [2.24, 2.45) is 0 Å². The fourth-order valence-corrected chi connectivity index (χ4v) is 2.38. The van der Waals surface area contributed by atoms with Gasteiger partial charge in [0.2, 0.25) is 11.7 Å². The zero-order valence-electron chi connectivity index (χ0n) is 14.6. The second kappa shape index (κ2) is 11.9. The number of halogens is 2. The van der Waals surface area contributed by atoms with Gasteiger partial charge in [-0.3, -0.25) is 9.36 Å². The van der Waals surface area contributed by atoms with Gasteiger partial charge in [0.05, 0.1) is 19.0 Å². The SMILES string of the molecule is CNC=O.COC(COCP(O)O)CC(F)n1cnc2c(N)nc(Cl)nc21. The topological polar surface area (TPSA) is 158 Å². The summed E-state index contributed by atoms with van der Waals surface area (Å²) in [6.45, 7) is 0.0153. The van der Waals surface area contributed by atoms with Crippen molar-refractivity contribution in [2.75, 3.05) is 32.8 Å². The third kappa shape index (κ3) is 7.45. The molecule has 0 aliphatic heterocycles. The molecule has 2 aromatic rings. The maximum atomic E-state index is 14.5. The molecule has 0 fully saturated rings. The Bertz CT molecular complexity index is 724. The molecule has 2 rings (SSSR count). The van der Waals surface area contributed by atoms with E-state index in [9.17, 15) is 4.39 Å². The number of imidazole rings is 1. The number of nitrogens with one attached hydrogen (secondary N) is 1. The number of anilines is 1. The molecule has 0 bridgehead atoms. The Morgan fingerprint density at radius 1 is 1.52 bits per heavy atom. The van der Waals surface area contributed by atoms with E-state index >= 15 is 0 Å². The fourth-order valence-electron chi connectivity index (χ4n) is 1.94. The number of nitrogens with zero attached hydrogens (tertiary/aromatic N) is 4. The van der Waals surface area contributed by atoms with Crippen LogP contribution in [0, 0.1) is 0 Å². The Morgan fingerprint density at radius 3 is 2.74 bits per heavy atom. The number of alkyl halides is 1. The Labute approximate surface area is 160 Å². The van der Waals surface area contributed by atoms with E-state index in [1.54, 1.807) is 7.05 Å². The average molecular weight is 427 g/mol. The minimum absolute atomic E-state index is 0.0153. The molecule has 14 heteroatoms. The first-order chi connectivity index (χ1) is 12.8. The molecule has 1 amide bonds. The lowest BCUT2D eigenvalue weighted by molar-refractivity contribution is -0.109. The van der Waals surface area contributed by atoms with Crippen LogP contribution in [0.2, 0.25) is 5.28 Å². The van der Waals surface area contributed by atoms with Gasteiger partial charge < -0.3 is 30.3 Å². The number of nitrogen functional groups attached to an aromatic ring is 1. The summed E-state index contributed by atoms with van der Waals surface area (Å²) in [6.07, 6.45) is -0.501. The third-order valence-electron chi connectivity index (χ3n) is 3.14. The maximum Gasteiger partial charge on any atom is 0.226 e. The van der Waals surface area contributed by atoms with Crippen LogP contribution in [-0.2, 0) is 14.3 Å². The summed E-state index contributed by atoms with van der Waals surface area (Å²) in [7, 11) is 0.814. The van der Waals surface area contributed by atoms with Crippen molar-refractivity contribution in [1.82, 2.24) is 24.8 Å². The van der Waals surface area contributed by atoms with Gasteiger partial charge in [0.15, 0.2) is 26.1 Å². The highest BCUT2D eigenvalue weighted by Gasteiger charge is 2.21. The molecule has 11 nitrogen and oxygen atoms in total. The number of amides is 1. The van der Waals surface area contributed by atoms with Crippen LogP contribution < -0.4 is 11.1 Å². The minimum atomic E-state index is -2.16. The average Bonchev–Trinajstić information content (AvgIpc) is 3.04. The molecule has 2 unspecified atom stereocenters. The number of ether oxygens (including phenoxy) is 2. The predicted molar refractivity (Wildman–Crippen MR) is 97.6 cm³/mol. The van der Waals surface area contributed by atoms with E-state index in [-0.39, 0.29) is 41.6 Å². The molecular formula is C13H21ClFN6O5P. The first kappa shape index (κ1) is 23.3. The smallest absolute Gasteiger partial charge is 0.226 e. The quantitative estimate of drug-likeness (QED) is 0.255. The zero-order valence-corrected chi connectivity index (χ0v) is 16.3. The molecule has 152 valence electrons. The highest BCUT2D eigenvalue weighted by Crippen LogP contribution is 2.26. The van der Waals surface area contributed by atoms with Gasteiger partial charge in [0.25, 0.3) is 0 Å². The molecule has 0 saturated carbocycles. The molecule has 0 spiro atoms. The number of carbonyl (C=O) groups is 1. The maximum absolute atomic E-state index is 14.5. The number of aromatic nitrogens is 4. The van der Waals surface area contributed by atoms with Gasteiger partial charge in [0.1, 0.15) is 11.9 Å². The van der Waals surface area contributed by atoms with Crippen LogP contribution >= 0.6 is 20.0 Å². The van der Waals surface area contributed by atoms with Crippen LogP contribution in [0.5, 0.6) is 0 Å². The summed E-state index contributed by atoms with van der Waals surface area (Å²) >= 11 is 5.73. The van der Waals surface area contributed by atoms with Gasteiger partial charge in [-0.25, -0.2) is 9.37 Å². The highest BCUT2D eigenvalue weighted by atomic mass is 35.5. The first-order valence-corrected chi connectivity index (χ1v) is 9.31. The predicted octanol–water partition coefficient (Wildman–Crippen LogP) is 0.568. The van der Waals surface area contributed by atoms with E-state index in [0.717, 1.165) is 0 Å². The van der Waals surface area contributed by atoms with Gasteiger partial charge >= 0.3 is 0 Å². The normalized spacial score (nSPS) is 13.1. The van der Waals surface area contributed by atoms with Gasteiger partial charge in [-0.2, -0.15) is 9.97 Å². The van der Waals surface area contributed by atoms with Gasteiger partial charge in [-0.15, -0.1) is 0 Å². The summed E-state index contributed by atoms with van der Waals surface area (Å²) in [5.74, 6) is 0.0665. The molecule has 0 saturated heterocycles. The van der Waals surface area contributed by atoms with Crippen LogP contribution in [0.15, 0.2) is 6.33 Å². The van der Waals surface area contributed by atoms with Crippen molar-refractivity contribution < 1.29 is 28.4 Å². The van der Waals surface area contributed by atoms with Crippen molar-refractivity contribution in [3.63, 3.8) is 0 Å². The van der Waals surface area contributed by atoms with Gasteiger partial charge in [-0.05, 0) is 11.6 Å². The Kier molecular flexibility index (Phi) is 10.3. The van der Waals surface area contributed by atoms with E-state index in [2.05, 4.69) is 20.3 Å². The number of hydrogen-bond donors (Lipinski definition) is 4. The fraction of sp³-hybridized carbons (Fsp3) is 0.538. The number of rotatable bonds is 9. The van der Waals surface area contributed by atoms with Crippen molar-refractivity contribution in [3.8, 4) is 0 Å². The number of hydrogen-bond acceptors (Lipinski definition) is 9. The summed E-state index contributed by atoms with van der Waals surface area (Å²) in [6, 6.07) is 0. The van der Waals surface area contributed by atoms with Crippen molar-refractivity contribution in [2.45, 2.75) is 18.8 Å². The largest absolute Gasteiger partial charge is 0.382 e. The van der Waals surface area contributed by atoms with E-state index in [0.29, 0.717) is 6.41 Å². The van der Waals surface area contributed by atoms with Gasteiger partial charge in [0, 0.05) is 20.6 Å². The molecule has 27 heavy (non-hydrogen) atoms. The van der Waals surface area contributed by atoms with Crippen LogP contribution in [-0.4, -0.2) is 68.9 Å². The van der Waals surface area contributed by atoms with Crippen LogP contribution in [0.1, 0.15) is 12.7 Å². The summed E-state index contributed by atoms with van der Waals surface area (Å²) in [4.78, 5) is 38.3. The standard InChI is InChI=1S/C11H16ClFN5O4P.C2H5NO/c1-21-6(3-22-5-23(19)20)2-7(13)18-4-15-8-9(14)16-11(12)17-10(8)18;1-3-2-4/h4,6-7,19-20H,2-3,5H2,1H3,(H2,14,16,17);2H,1H3,(H,3,4). The number of methoxy groups -OCH3 is 1. The molecular weight excluding hydrogens is 406 g/mol. The van der Waals surface area contributed by atoms with E-state index in [1.165, 1.54) is 18.0 Å². The Hall–Kier alpha value is -1.69. The Morgan fingerprint density at radius 2 is 2.19 bits per heavy atom. The molecule has 0 aliphatic rings. The number of fused-ring (bicyclic) bond motifs is 1.